The maximum atomic E-state index is 12.8. The molecule has 0 saturated carbocycles. The van der Waals surface area contributed by atoms with Crippen LogP contribution in [0.3, 0.4) is 0 Å². The number of methoxy groups -OCH3 is 1. The van der Waals surface area contributed by atoms with Crippen molar-refractivity contribution in [3.05, 3.63) is 34.7 Å². The lowest BCUT2D eigenvalue weighted by Gasteiger charge is -2.17. The molecule has 0 atom stereocenters. The Morgan fingerprint density at radius 3 is 2.45 bits per heavy atom. The van der Waals surface area contributed by atoms with Gasteiger partial charge in [0.15, 0.2) is 0 Å². The van der Waals surface area contributed by atoms with E-state index < -0.39 is 0 Å². The molecule has 22 heavy (non-hydrogen) atoms. The van der Waals surface area contributed by atoms with Crippen molar-refractivity contribution < 1.29 is 14.3 Å². The van der Waals surface area contributed by atoms with E-state index in [1.165, 1.54) is 16.7 Å². The van der Waals surface area contributed by atoms with Gasteiger partial charge in [-0.2, -0.15) is 0 Å². The Morgan fingerprint density at radius 1 is 1.18 bits per heavy atom. The zero-order chi connectivity index (χ0) is 16.3. The Bertz CT molecular complexity index is 622. The second-order valence-electron chi connectivity index (χ2n) is 5.45. The van der Waals surface area contributed by atoms with Crippen LogP contribution in [0.25, 0.3) is 5.57 Å². The van der Waals surface area contributed by atoms with Gasteiger partial charge in [0.05, 0.1) is 17.6 Å². The minimum atomic E-state index is -0.223. The number of hydrogen-bond donors (Lipinski definition) is 0. The first kappa shape index (κ1) is 16.6. The quantitative estimate of drug-likeness (QED) is 0.756. The van der Waals surface area contributed by atoms with Gasteiger partial charge in [-0.25, -0.2) is 0 Å². The summed E-state index contributed by atoms with van der Waals surface area (Å²) in [5, 5.41) is 0. The lowest BCUT2D eigenvalue weighted by atomic mass is 10.0. The fraction of sp³-hybridized carbons (Fsp3) is 0.412. The molecule has 0 fully saturated rings. The number of nitrogens with zero attached hydrogens (tertiary/aromatic N) is 1. The number of amides is 2. The molecule has 1 aromatic rings. The van der Waals surface area contributed by atoms with E-state index in [4.69, 9.17) is 4.74 Å². The largest absolute Gasteiger partial charge is 0.496 e. The van der Waals surface area contributed by atoms with Gasteiger partial charge in [0, 0.05) is 12.1 Å². The van der Waals surface area contributed by atoms with Crippen LogP contribution in [0.4, 0.5) is 0 Å². The number of carbonyl (C=O) groups is 2. The van der Waals surface area contributed by atoms with E-state index in [0.29, 0.717) is 28.3 Å². The predicted molar refractivity (Wildman–Crippen MR) is 89.6 cm³/mol. The second-order valence-corrected chi connectivity index (χ2v) is 6.73. The van der Waals surface area contributed by atoms with Crippen molar-refractivity contribution in [3.63, 3.8) is 0 Å². The Hall–Kier alpha value is -1.75. The second kappa shape index (κ2) is 7.01. The van der Waals surface area contributed by atoms with Crippen LogP contribution < -0.4 is 4.74 Å². The summed E-state index contributed by atoms with van der Waals surface area (Å²) in [6.45, 7) is 6.40. The standard InChI is InChI=1S/C17H21NO3S/c1-5-22-15-14(12-8-6-7-9-13(12)21-4)16(19)18(17(15)20)10-11(2)3/h6-9,11H,5,10H2,1-4H3. The molecule has 0 N–H and O–H groups in total. The fourth-order valence-electron chi connectivity index (χ4n) is 2.45. The highest BCUT2D eigenvalue weighted by Crippen LogP contribution is 2.39. The lowest BCUT2D eigenvalue weighted by molar-refractivity contribution is -0.137. The van der Waals surface area contributed by atoms with Gasteiger partial charge in [0.25, 0.3) is 11.8 Å². The zero-order valence-electron chi connectivity index (χ0n) is 13.4. The van der Waals surface area contributed by atoms with Crippen molar-refractivity contribution >= 4 is 29.1 Å². The molecule has 1 aromatic carbocycles. The highest BCUT2D eigenvalue weighted by Gasteiger charge is 2.39. The Labute approximate surface area is 135 Å². The minimum Gasteiger partial charge on any atom is -0.496 e. The van der Waals surface area contributed by atoms with Crippen LogP contribution in [-0.4, -0.2) is 36.1 Å². The molecule has 1 heterocycles. The SMILES string of the molecule is CCSC1=C(c2ccccc2OC)C(=O)N(CC(C)C)C1=O. The van der Waals surface area contributed by atoms with E-state index in [0.717, 1.165) is 5.75 Å². The average Bonchev–Trinajstić information content (AvgIpc) is 2.72. The molecule has 0 spiro atoms. The van der Waals surface area contributed by atoms with E-state index >= 15 is 0 Å². The normalized spacial score (nSPS) is 15.2. The number of para-hydroxylation sites is 1. The summed E-state index contributed by atoms with van der Waals surface area (Å²) in [6.07, 6.45) is 0. The van der Waals surface area contributed by atoms with Crippen molar-refractivity contribution in [2.24, 2.45) is 5.92 Å². The van der Waals surface area contributed by atoms with Gasteiger partial charge in [-0.1, -0.05) is 39.0 Å². The summed E-state index contributed by atoms with van der Waals surface area (Å²) < 4.78 is 5.36. The number of imide groups is 1. The monoisotopic (exact) mass is 319 g/mol. The third-order valence-corrected chi connectivity index (χ3v) is 4.29. The highest BCUT2D eigenvalue weighted by molar-refractivity contribution is 8.04. The van der Waals surface area contributed by atoms with Gasteiger partial charge < -0.3 is 4.74 Å². The van der Waals surface area contributed by atoms with Crippen LogP contribution in [0.5, 0.6) is 5.75 Å². The van der Waals surface area contributed by atoms with Gasteiger partial charge in [0.2, 0.25) is 0 Å². The first-order valence-corrected chi connectivity index (χ1v) is 8.36. The van der Waals surface area contributed by atoms with Crippen LogP contribution in [0.15, 0.2) is 29.2 Å². The summed E-state index contributed by atoms with van der Waals surface area (Å²) in [7, 11) is 1.57. The maximum Gasteiger partial charge on any atom is 0.267 e. The first-order chi connectivity index (χ1) is 10.5. The van der Waals surface area contributed by atoms with E-state index in [1.54, 1.807) is 13.2 Å². The summed E-state index contributed by atoms with van der Waals surface area (Å²) in [4.78, 5) is 27.3. The van der Waals surface area contributed by atoms with Crippen molar-refractivity contribution in [1.82, 2.24) is 4.90 Å². The number of ether oxygens (including phenoxy) is 1. The average molecular weight is 319 g/mol. The van der Waals surface area contributed by atoms with E-state index in [9.17, 15) is 9.59 Å². The van der Waals surface area contributed by atoms with Gasteiger partial charge in [0.1, 0.15) is 5.75 Å². The maximum absolute atomic E-state index is 12.8. The minimum absolute atomic E-state index is 0.188. The zero-order valence-corrected chi connectivity index (χ0v) is 14.2. The highest BCUT2D eigenvalue weighted by atomic mass is 32.2. The molecule has 0 radical (unpaired) electrons. The van der Waals surface area contributed by atoms with Gasteiger partial charge in [-0.3, -0.25) is 14.5 Å². The molecule has 2 amide bonds. The fourth-order valence-corrected chi connectivity index (χ4v) is 3.32. The molecule has 4 nitrogen and oxygen atoms in total. The Morgan fingerprint density at radius 2 is 1.86 bits per heavy atom. The predicted octanol–water partition coefficient (Wildman–Crippen LogP) is 3.18. The topological polar surface area (TPSA) is 46.6 Å². The summed E-state index contributed by atoms with van der Waals surface area (Å²) >= 11 is 1.42. The van der Waals surface area contributed by atoms with Crippen molar-refractivity contribution in [2.45, 2.75) is 20.8 Å². The van der Waals surface area contributed by atoms with Crippen molar-refractivity contribution in [2.75, 3.05) is 19.4 Å². The van der Waals surface area contributed by atoms with Crippen LogP contribution >= 0.6 is 11.8 Å². The molecule has 0 bridgehead atoms. The van der Waals surface area contributed by atoms with E-state index in [1.807, 2.05) is 39.0 Å². The summed E-state index contributed by atoms with van der Waals surface area (Å²) in [5.41, 5.74) is 1.15. The number of carbonyl (C=O) groups excluding carboxylic acids is 2. The molecule has 0 aromatic heterocycles. The first-order valence-electron chi connectivity index (χ1n) is 7.37. The smallest absolute Gasteiger partial charge is 0.267 e. The molecule has 5 heteroatoms. The van der Waals surface area contributed by atoms with Crippen LogP contribution in [-0.2, 0) is 9.59 Å². The molecular formula is C17H21NO3S. The van der Waals surface area contributed by atoms with Gasteiger partial charge in [-0.15, -0.1) is 11.8 Å². The van der Waals surface area contributed by atoms with Crippen molar-refractivity contribution in [3.8, 4) is 5.75 Å². The molecule has 118 valence electrons. The van der Waals surface area contributed by atoms with Crippen LogP contribution in [0.2, 0.25) is 0 Å². The third-order valence-electron chi connectivity index (χ3n) is 3.34. The number of benzene rings is 1. The van der Waals surface area contributed by atoms with E-state index in [-0.39, 0.29) is 17.7 Å². The molecular weight excluding hydrogens is 298 g/mol. The summed E-state index contributed by atoms with van der Waals surface area (Å²) in [6, 6.07) is 7.33. The third kappa shape index (κ3) is 3.04. The molecule has 1 aliphatic rings. The Balaban J connectivity index is 2.53. The Kier molecular flexibility index (Phi) is 5.29. The molecule has 1 aliphatic heterocycles. The molecule has 0 saturated heterocycles. The number of rotatable bonds is 6. The van der Waals surface area contributed by atoms with Crippen LogP contribution in [0, 0.1) is 5.92 Å². The number of thioether (sulfide) groups is 1. The lowest BCUT2D eigenvalue weighted by Crippen LogP contribution is -2.34. The molecule has 2 rings (SSSR count). The van der Waals surface area contributed by atoms with E-state index in [2.05, 4.69) is 0 Å². The van der Waals surface area contributed by atoms with Gasteiger partial charge >= 0.3 is 0 Å². The van der Waals surface area contributed by atoms with Crippen molar-refractivity contribution in [1.29, 1.82) is 0 Å². The molecule has 0 aliphatic carbocycles. The van der Waals surface area contributed by atoms with Gasteiger partial charge in [-0.05, 0) is 17.7 Å². The summed E-state index contributed by atoms with van der Waals surface area (Å²) in [5.74, 6) is 1.17. The number of hydrogen-bond acceptors (Lipinski definition) is 4. The molecule has 0 unspecified atom stereocenters. The van der Waals surface area contributed by atoms with Crippen LogP contribution in [0.1, 0.15) is 26.3 Å².